The predicted octanol–water partition coefficient (Wildman–Crippen LogP) is 2.35. The molecule has 1 aromatic heterocycles. The molecule has 2 atom stereocenters. The van der Waals surface area contributed by atoms with E-state index in [0.29, 0.717) is 13.0 Å². The van der Waals surface area contributed by atoms with Crippen LogP contribution in [0, 0.1) is 5.82 Å². The van der Waals surface area contributed by atoms with Gasteiger partial charge in [-0.15, -0.1) is 0 Å². The first kappa shape index (κ1) is 14.2. The standard InChI is InChI=1S/C16H20FN3O/c1-2-20-14(7-8-18-20)10-19-11-15(21)9-16(19)12-3-5-13(17)6-4-12/h3-8,15-16,21H,2,9-11H2,1H3/t15-,16-/m0/s1. The summed E-state index contributed by atoms with van der Waals surface area (Å²) in [7, 11) is 0. The number of likely N-dealkylation sites (tertiary alicyclic amines) is 1. The molecule has 2 aromatic rings. The topological polar surface area (TPSA) is 41.3 Å². The Bertz CT molecular complexity index is 596. The molecular weight excluding hydrogens is 269 g/mol. The van der Waals surface area contributed by atoms with E-state index in [1.54, 1.807) is 6.20 Å². The molecule has 0 saturated carbocycles. The zero-order valence-electron chi connectivity index (χ0n) is 12.1. The van der Waals surface area contributed by atoms with E-state index in [9.17, 15) is 9.50 Å². The molecule has 0 unspecified atom stereocenters. The average Bonchev–Trinajstić information content (AvgIpc) is 3.06. The molecule has 4 nitrogen and oxygen atoms in total. The first-order valence-corrected chi connectivity index (χ1v) is 7.35. The van der Waals surface area contributed by atoms with E-state index in [2.05, 4.69) is 16.9 Å². The minimum absolute atomic E-state index is 0.126. The second-order valence-electron chi connectivity index (χ2n) is 5.52. The van der Waals surface area contributed by atoms with Gasteiger partial charge in [-0.3, -0.25) is 9.58 Å². The second-order valence-corrected chi connectivity index (χ2v) is 5.52. The van der Waals surface area contributed by atoms with Crippen molar-refractivity contribution < 1.29 is 9.50 Å². The van der Waals surface area contributed by atoms with E-state index in [1.165, 1.54) is 12.1 Å². The Balaban J connectivity index is 1.81. The second kappa shape index (κ2) is 5.95. The van der Waals surface area contributed by atoms with E-state index < -0.39 is 0 Å². The van der Waals surface area contributed by atoms with E-state index in [1.807, 2.05) is 22.9 Å². The SMILES string of the molecule is CCn1nccc1CN1C[C@@H](O)C[C@H]1c1ccc(F)cc1. The summed E-state index contributed by atoms with van der Waals surface area (Å²) >= 11 is 0. The molecule has 1 N–H and O–H groups in total. The van der Waals surface area contributed by atoms with Gasteiger partial charge in [0.25, 0.3) is 0 Å². The highest BCUT2D eigenvalue weighted by molar-refractivity contribution is 5.22. The number of aliphatic hydroxyl groups is 1. The number of aryl methyl sites for hydroxylation is 1. The van der Waals surface area contributed by atoms with Gasteiger partial charge in [0.15, 0.2) is 0 Å². The zero-order valence-corrected chi connectivity index (χ0v) is 12.1. The summed E-state index contributed by atoms with van der Waals surface area (Å²) < 4.78 is 15.0. The highest BCUT2D eigenvalue weighted by atomic mass is 19.1. The molecule has 2 heterocycles. The Morgan fingerprint density at radius 1 is 1.29 bits per heavy atom. The molecule has 0 bridgehead atoms. The molecule has 5 heteroatoms. The molecule has 0 aliphatic carbocycles. The van der Waals surface area contributed by atoms with Gasteiger partial charge >= 0.3 is 0 Å². The number of β-amino-alcohol motifs (C(OH)–C–C–N with tert-alkyl or cyclic N) is 1. The number of aliphatic hydroxyl groups excluding tert-OH is 1. The molecule has 0 spiro atoms. The third-order valence-electron chi connectivity index (χ3n) is 4.11. The first-order chi connectivity index (χ1) is 10.2. The van der Waals surface area contributed by atoms with Crippen molar-refractivity contribution in [2.24, 2.45) is 0 Å². The molecule has 1 fully saturated rings. The van der Waals surface area contributed by atoms with Gasteiger partial charge in [0.1, 0.15) is 5.82 Å². The summed E-state index contributed by atoms with van der Waals surface area (Å²) in [4.78, 5) is 2.24. The maximum absolute atomic E-state index is 13.1. The highest BCUT2D eigenvalue weighted by Gasteiger charge is 2.32. The Kier molecular flexibility index (Phi) is 4.03. The Labute approximate surface area is 123 Å². The third-order valence-corrected chi connectivity index (χ3v) is 4.11. The smallest absolute Gasteiger partial charge is 0.123 e. The molecule has 3 rings (SSSR count). The molecule has 1 aromatic carbocycles. The lowest BCUT2D eigenvalue weighted by Crippen LogP contribution is -2.25. The molecule has 0 radical (unpaired) electrons. The van der Waals surface area contributed by atoms with Crippen LogP contribution in [0.25, 0.3) is 0 Å². The fourth-order valence-electron chi connectivity index (χ4n) is 3.07. The molecule has 0 amide bonds. The zero-order chi connectivity index (χ0) is 14.8. The summed E-state index contributed by atoms with van der Waals surface area (Å²) in [5.74, 6) is -0.229. The van der Waals surface area contributed by atoms with Gasteiger partial charge in [-0.2, -0.15) is 5.10 Å². The van der Waals surface area contributed by atoms with Crippen LogP contribution in [0.4, 0.5) is 4.39 Å². The Morgan fingerprint density at radius 3 is 2.76 bits per heavy atom. The third kappa shape index (κ3) is 2.99. The predicted molar refractivity (Wildman–Crippen MR) is 78.1 cm³/mol. The quantitative estimate of drug-likeness (QED) is 0.939. The molecular formula is C16H20FN3O. The number of hydrogen-bond acceptors (Lipinski definition) is 3. The van der Waals surface area contributed by atoms with E-state index in [0.717, 1.165) is 24.3 Å². The molecule has 112 valence electrons. The van der Waals surface area contributed by atoms with Crippen molar-refractivity contribution in [3.8, 4) is 0 Å². The van der Waals surface area contributed by atoms with Gasteiger partial charge in [0.2, 0.25) is 0 Å². The van der Waals surface area contributed by atoms with Crippen molar-refractivity contribution in [2.75, 3.05) is 6.54 Å². The monoisotopic (exact) mass is 289 g/mol. The average molecular weight is 289 g/mol. The van der Waals surface area contributed by atoms with Crippen LogP contribution in [0.15, 0.2) is 36.5 Å². The van der Waals surface area contributed by atoms with Crippen LogP contribution in [-0.2, 0) is 13.1 Å². The van der Waals surface area contributed by atoms with Crippen LogP contribution in [-0.4, -0.2) is 32.4 Å². The number of halogens is 1. The van der Waals surface area contributed by atoms with E-state index >= 15 is 0 Å². The van der Waals surface area contributed by atoms with Crippen LogP contribution < -0.4 is 0 Å². The van der Waals surface area contributed by atoms with Crippen LogP contribution in [0.1, 0.15) is 30.6 Å². The van der Waals surface area contributed by atoms with Gasteiger partial charge in [0, 0.05) is 31.9 Å². The Hall–Kier alpha value is -1.72. The summed E-state index contributed by atoms with van der Waals surface area (Å²) in [6.07, 6.45) is 2.16. The van der Waals surface area contributed by atoms with Crippen molar-refractivity contribution in [2.45, 2.75) is 38.6 Å². The lowest BCUT2D eigenvalue weighted by Gasteiger charge is -2.24. The van der Waals surface area contributed by atoms with Gasteiger partial charge in [-0.25, -0.2) is 4.39 Å². The van der Waals surface area contributed by atoms with Gasteiger partial charge < -0.3 is 5.11 Å². The maximum atomic E-state index is 13.1. The normalized spacial score (nSPS) is 22.8. The first-order valence-electron chi connectivity index (χ1n) is 7.35. The van der Waals surface area contributed by atoms with Crippen LogP contribution in [0.5, 0.6) is 0 Å². The number of aromatic nitrogens is 2. The molecule has 1 aliphatic rings. The fourth-order valence-corrected chi connectivity index (χ4v) is 3.07. The maximum Gasteiger partial charge on any atom is 0.123 e. The van der Waals surface area contributed by atoms with Crippen molar-refractivity contribution >= 4 is 0 Å². The van der Waals surface area contributed by atoms with Crippen LogP contribution in [0.3, 0.4) is 0 Å². The lowest BCUT2D eigenvalue weighted by atomic mass is 10.0. The van der Waals surface area contributed by atoms with Crippen LogP contribution >= 0.6 is 0 Å². The Morgan fingerprint density at radius 2 is 2.05 bits per heavy atom. The minimum atomic E-state index is -0.335. The van der Waals surface area contributed by atoms with Gasteiger partial charge in [-0.1, -0.05) is 12.1 Å². The van der Waals surface area contributed by atoms with Crippen molar-refractivity contribution in [3.05, 3.63) is 53.6 Å². The van der Waals surface area contributed by atoms with Gasteiger partial charge in [0.05, 0.1) is 11.8 Å². The van der Waals surface area contributed by atoms with Crippen molar-refractivity contribution in [1.29, 1.82) is 0 Å². The highest BCUT2D eigenvalue weighted by Crippen LogP contribution is 2.33. The number of rotatable bonds is 4. The summed E-state index contributed by atoms with van der Waals surface area (Å²) in [6.45, 7) is 4.27. The minimum Gasteiger partial charge on any atom is -0.392 e. The summed E-state index contributed by atoms with van der Waals surface area (Å²) in [6, 6.07) is 8.71. The van der Waals surface area contributed by atoms with Gasteiger partial charge in [-0.05, 0) is 37.1 Å². The summed E-state index contributed by atoms with van der Waals surface area (Å²) in [5, 5.41) is 14.3. The lowest BCUT2D eigenvalue weighted by molar-refractivity contribution is 0.171. The van der Waals surface area contributed by atoms with E-state index in [4.69, 9.17) is 0 Å². The van der Waals surface area contributed by atoms with Crippen molar-refractivity contribution in [1.82, 2.24) is 14.7 Å². The number of benzene rings is 1. The fraction of sp³-hybridized carbons (Fsp3) is 0.438. The van der Waals surface area contributed by atoms with E-state index in [-0.39, 0.29) is 18.0 Å². The number of nitrogens with zero attached hydrogens (tertiary/aromatic N) is 3. The van der Waals surface area contributed by atoms with Crippen LogP contribution in [0.2, 0.25) is 0 Å². The molecule has 1 saturated heterocycles. The van der Waals surface area contributed by atoms with Crippen molar-refractivity contribution in [3.63, 3.8) is 0 Å². The molecule has 21 heavy (non-hydrogen) atoms. The number of hydrogen-bond donors (Lipinski definition) is 1. The summed E-state index contributed by atoms with van der Waals surface area (Å²) in [5.41, 5.74) is 2.19. The molecule has 1 aliphatic heterocycles. The largest absolute Gasteiger partial charge is 0.392 e.